The summed E-state index contributed by atoms with van der Waals surface area (Å²) in [6.45, 7) is 2.62. The van der Waals surface area contributed by atoms with Crippen LogP contribution in [0.4, 0.5) is 5.69 Å². The first-order valence-corrected chi connectivity index (χ1v) is 6.86. The number of anilines is 1. The Morgan fingerprint density at radius 2 is 2.20 bits per heavy atom. The summed E-state index contributed by atoms with van der Waals surface area (Å²) in [6, 6.07) is 6.07. The summed E-state index contributed by atoms with van der Waals surface area (Å²) >= 11 is 0. The summed E-state index contributed by atoms with van der Waals surface area (Å²) in [5.41, 5.74) is 12.0. The van der Waals surface area contributed by atoms with Gasteiger partial charge in [0.2, 0.25) is 5.91 Å². The van der Waals surface area contributed by atoms with Gasteiger partial charge in [-0.2, -0.15) is 5.10 Å². The topological polar surface area (TPSA) is 83.8 Å². The van der Waals surface area contributed by atoms with Crippen molar-refractivity contribution in [3.63, 3.8) is 0 Å². The van der Waals surface area contributed by atoms with Gasteiger partial charge in [-0.15, -0.1) is 0 Å². The van der Waals surface area contributed by atoms with Crippen molar-refractivity contribution in [3.8, 4) is 11.3 Å². The van der Waals surface area contributed by atoms with E-state index < -0.39 is 0 Å². The third-order valence-corrected chi connectivity index (χ3v) is 3.74. The van der Waals surface area contributed by atoms with Gasteiger partial charge < -0.3 is 11.1 Å². The second-order valence-corrected chi connectivity index (χ2v) is 5.13. The second kappa shape index (κ2) is 5.09. The molecule has 1 aromatic heterocycles. The lowest BCUT2D eigenvalue weighted by Crippen LogP contribution is -2.18. The molecule has 0 saturated carbocycles. The molecule has 104 valence electrons. The SMILES string of the molecule is Cc1[nH]nc(-c2ccc3c(c2)CCC(=O)N3)c1CCN. The molecule has 1 amide bonds. The van der Waals surface area contributed by atoms with Crippen molar-refractivity contribution in [1.29, 1.82) is 0 Å². The molecule has 5 nitrogen and oxygen atoms in total. The van der Waals surface area contributed by atoms with Crippen molar-refractivity contribution >= 4 is 11.6 Å². The van der Waals surface area contributed by atoms with Gasteiger partial charge in [0.1, 0.15) is 0 Å². The lowest BCUT2D eigenvalue weighted by atomic mass is 9.97. The normalized spacial score (nSPS) is 14.0. The monoisotopic (exact) mass is 270 g/mol. The first-order valence-electron chi connectivity index (χ1n) is 6.86. The van der Waals surface area contributed by atoms with Crippen LogP contribution in [0.15, 0.2) is 18.2 Å². The van der Waals surface area contributed by atoms with Crippen molar-refractivity contribution in [2.45, 2.75) is 26.2 Å². The highest BCUT2D eigenvalue weighted by atomic mass is 16.1. The van der Waals surface area contributed by atoms with E-state index in [0.29, 0.717) is 13.0 Å². The van der Waals surface area contributed by atoms with Gasteiger partial charge in [0, 0.05) is 28.9 Å². The van der Waals surface area contributed by atoms with Crippen LogP contribution in [0, 0.1) is 6.92 Å². The Morgan fingerprint density at radius 3 is 3.00 bits per heavy atom. The maximum Gasteiger partial charge on any atom is 0.224 e. The number of nitrogens with one attached hydrogen (secondary N) is 2. The van der Waals surface area contributed by atoms with Crippen LogP contribution < -0.4 is 11.1 Å². The van der Waals surface area contributed by atoms with Crippen LogP contribution in [0.2, 0.25) is 0 Å². The number of H-pyrrole nitrogens is 1. The minimum absolute atomic E-state index is 0.0877. The van der Waals surface area contributed by atoms with Crippen molar-refractivity contribution in [3.05, 3.63) is 35.0 Å². The first kappa shape index (κ1) is 12.9. The Balaban J connectivity index is 2.01. The van der Waals surface area contributed by atoms with E-state index in [0.717, 1.165) is 35.5 Å². The Morgan fingerprint density at radius 1 is 1.35 bits per heavy atom. The zero-order valence-corrected chi connectivity index (χ0v) is 11.5. The van der Waals surface area contributed by atoms with Gasteiger partial charge in [0.25, 0.3) is 0 Å². The zero-order valence-electron chi connectivity index (χ0n) is 11.5. The van der Waals surface area contributed by atoms with Crippen molar-refractivity contribution in [2.24, 2.45) is 5.73 Å². The molecule has 5 heteroatoms. The third-order valence-electron chi connectivity index (χ3n) is 3.74. The van der Waals surface area contributed by atoms with E-state index in [1.807, 2.05) is 19.1 Å². The van der Waals surface area contributed by atoms with Gasteiger partial charge in [-0.05, 0) is 44.0 Å². The zero-order chi connectivity index (χ0) is 14.1. The molecule has 0 bridgehead atoms. The molecule has 2 heterocycles. The number of hydrogen-bond donors (Lipinski definition) is 3. The van der Waals surface area contributed by atoms with E-state index >= 15 is 0 Å². The van der Waals surface area contributed by atoms with E-state index in [-0.39, 0.29) is 5.91 Å². The number of fused-ring (bicyclic) bond motifs is 1. The summed E-state index contributed by atoms with van der Waals surface area (Å²) < 4.78 is 0. The number of nitrogens with zero attached hydrogens (tertiary/aromatic N) is 1. The molecule has 1 aromatic carbocycles. The van der Waals surface area contributed by atoms with Crippen molar-refractivity contribution in [1.82, 2.24) is 10.2 Å². The molecule has 20 heavy (non-hydrogen) atoms. The van der Waals surface area contributed by atoms with Crippen molar-refractivity contribution in [2.75, 3.05) is 11.9 Å². The van der Waals surface area contributed by atoms with E-state index in [4.69, 9.17) is 5.73 Å². The molecule has 1 aliphatic rings. The smallest absolute Gasteiger partial charge is 0.224 e. The fourth-order valence-corrected chi connectivity index (χ4v) is 2.67. The highest BCUT2D eigenvalue weighted by Crippen LogP contribution is 2.30. The standard InChI is InChI=1S/C15H18N4O/c1-9-12(6-7-16)15(19-18-9)11-2-4-13-10(8-11)3-5-14(20)17-13/h2,4,8H,3,5-7,16H2,1H3,(H,17,20)(H,18,19). The number of hydrogen-bond acceptors (Lipinski definition) is 3. The number of amides is 1. The minimum atomic E-state index is 0.0877. The number of carbonyl (C=O) groups excluding carboxylic acids is 1. The van der Waals surface area contributed by atoms with Crippen LogP contribution in [0.1, 0.15) is 23.2 Å². The number of rotatable bonds is 3. The molecule has 4 N–H and O–H groups in total. The van der Waals surface area contributed by atoms with Gasteiger partial charge >= 0.3 is 0 Å². The van der Waals surface area contributed by atoms with E-state index in [1.54, 1.807) is 0 Å². The average molecular weight is 270 g/mol. The van der Waals surface area contributed by atoms with E-state index in [9.17, 15) is 4.79 Å². The van der Waals surface area contributed by atoms with Crippen LogP contribution in [-0.4, -0.2) is 22.6 Å². The lowest BCUT2D eigenvalue weighted by molar-refractivity contribution is -0.116. The van der Waals surface area contributed by atoms with Gasteiger partial charge in [-0.1, -0.05) is 6.07 Å². The number of aryl methyl sites for hydroxylation is 2. The molecule has 0 saturated heterocycles. The Kier molecular flexibility index (Phi) is 3.28. The van der Waals surface area contributed by atoms with Crippen molar-refractivity contribution < 1.29 is 4.79 Å². The molecule has 0 spiro atoms. The molecule has 0 fully saturated rings. The Labute approximate surface area is 117 Å². The number of benzene rings is 1. The fourth-order valence-electron chi connectivity index (χ4n) is 2.67. The van der Waals surface area contributed by atoms with Gasteiger partial charge in [0.05, 0.1) is 5.69 Å². The summed E-state index contributed by atoms with van der Waals surface area (Å²) in [7, 11) is 0. The number of nitrogens with two attached hydrogens (primary N) is 1. The van der Waals surface area contributed by atoms with Crippen LogP contribution in [0.3, 0.4) is 0 Å². The van der Waals surface area contributed by atoms with Crippen LogP contribution in [0.5, 0.6) is 0 Å². The summed E-state index contributed by atoms with van der Waals surface area (Å²) in [5, 5.41) is 10.3. The molecule has 0 atom stereocenters. The molecule has 0 radical (unpaired) electrons. The predicted molar refractivity (Wildman–Crippen MR) is 78.5 cm³/mol. The predicted octanol–water partition coefficient (Wildman–Crippen LogP) is 1.77. The number of carbonyl (C=O) groups is 1. The Bertz CT molecular complexity index is 660. The maximum atomic E-state index is 11.4. The van der Waals surface area contributed by atoms with Gasteiger partial charge in [-0.25, -0.2) is 0 Å². The highest BCUT2D eigenvalue weighted by molar-refractivity contribution is 5.94. The third kappa shape index (κ3) is 2.20. The van der Waals surface area contributed by atoms with E-state index in [1.165, 1.54) is 11.1 Å². The first-order chi connectivity index (χ1) is 9.69. The van der Waals surface area contributed by atoms with Crippen LogP contribution >= 0.6 is 0 Å². The number of aromatic amines is 1. The second-order valence-electron chi connectivity index (χ2n) is 5.13. The summed E-state index contributed by atoms with van der Waals surface area (Å²) in [6.07, 6.45) is 2.14. The quantitative estimate of drug-likeness (QED) is 0.794. The van der Waals surface area contributed by atoms with Crippen LogP contribution in [0.25, 0.3) is 11.3 Å². The lowest BCUT2D eigenvalue weighted by Gasteiger charge is -2.17. The number of aromatic nitrogens is 2. The highest BCUT2D eigenvalue weighted by Gasteiger charge is 2.17. The molecular weight excluding hydrogens is 252 g/mol. The molecule has 0 unspecified atom stereocenters. The van der Waals surface area contributed by atoms with Crippen LogP contribution in [-0.2, 0) is 17.6 Å². The average Bonchev–Trinajstić information content (AvgIpc) is 2.80. The Hall–Kier alpha value is -2.14. The largest absolute Gasteiger partial charge is 0.330 e. The molecule has 3 rings (SSSR count). The molecule has 0 aliphatic carbocycles. The minimum Gasteiger partial charge on any atom is -0.330 e. The van der Waals surface area contributed by atoms with Gasteiger partial charge in [0.15, 0.2) is 0 Å². The maximum absolute atomic E-state index is 11.4. The summed E-state index contributed by atoms with van der Waals surface area (Å²) in [5.74, 6) is 0.0877. The molecule has 1 aliphatic heterocycles. The fraction of sp³-hybridized carbons (Fsp3) is 0.333. The molecular formula is C15H18N4O. The molecule has 2 aromatic rings. The summed E-state index contributed by atoms with van der Waals surface area (Å²) in [4.78, 5) is 11.4. The van der Waals surface area contributed by atoms with Gasteiger partial charge in [-0.3, -0.25) is 9.89 Å². The van der Waals surface area contributed by atoms with E-state index in [2.05, 4.69) is 21.6 Å².